The van der Waals surface area contributed by atoms with Gasteiger partial charge in [0, 0.05) is 31.4 Å². The number of fused-ring (bicyclic) bond motifs is 1. The first kappa shape index (κ1) is 20.4. The molecule has 0 aliphatic heterocycles. The van der Waals surface area contributed by atoms with Crippen LogP contribution in [0.15, 0.2) is 30.3 Å². The first-order valence-electron chi connectivity index (χ1n) is 8.92. The molecule has 0 spiro atoms. The summed E-state index contributed by atoms with van der Waals surface area (Å²) in [4.78, 5) is 28.0. The Balaban J connectivity index is 1.58. The number of carbonyl (C=O) groups excluding carboxylic acids is 2. The molecule has 1 aromatic heterocycles. The van der Waals surface area contributed by atoms with E-state index in [0.29, 0.717) is 23.3 Å². The molecule has 1 aromatic carbocycles. The van der Waals surface area contributed by atoms with E-state index in [1.807, 2.05) is 6.07 Å². The molecule has 1 atom stereocenters. The van der Waals surface area contributed by atoms with Crippen LogP contribution in [0.3, 0.4) is 0 Å². The number of halogens is 3. The molecule has 2 amide bonds. The largest absolute Gasteiger partial charge is 0.416 e. The summed E-state index contributed by atoms with van der Waals surface area (Å²) in [6.07, 6.45) is -2.35. The molecule has 0 fully saturated rings. The molecule has 0 saturated carbocycles. The number of carbonyl (C=O) groups is 2. The third-order valence-corrected chi connectivity index (χ3v) is 6.04. The molecule has 1 aliphatic rings. The zero-order chi connectivity index (χ0) is 20.5. The van der Waals surface area contributed by atoms with Crippen LogP contribution in [0.4, 0.5) is 13.2 Å². The smallest absolute Gasteiger partial charge is 0.352 e. The second kappa shape index (κ2) is 7.95. The molecule has 1 aliphatic carbocycles. The van der Waals surface area contributed by atoms with Crippen molar-refractivity contribution >= 4 is 23.2 Å². The highest BCUT2D eigenvalue weighted by Crippen LogP contribution is 2.33. The molecular weight excluding hydrogens is 389 g/mol. The predicted molar refractivity (Wildman–Crippen MR) is 101 cm³/mol. The van der Waals surface area contributed by atoms with Crippen molar-refractivity contribution < 1.29 is 22.8 Å². The summed E-state index contributed by atoms with van der Waals surface area (Å²) < 4.78 is 37.8. The maximum atomic E-state index is 12.6. The van der Waals surface area contributed by atoms with Crippen molar-refractivity contribution in [2.45, 2.75) is 32.0 Å². The van der Waals surface area contributed by atoms with Crippen molar-refractivity contribution in [2.24, 2.45) is 5.92 Å². The van der Waals surface area contributed by atoms with Crippen LogP contribution in [0.2, 0.25) is 0 Å². The predicted octanol–water partition coefficient (Wildman–Crippen LogP) is 3.89. The van der Waals surface area contributed by atoms with Crippen LogP contribution in [0, 0.1) is 5.92 Å². The van der Waals surface area contributed by atoms with Gasteiger partial charge in [0.05, 0.1) is 10.4 Å². The molecule has 0 radical (unpaired) electrons. The van der Waals surface area contributed by atoms with E-state index in [4.69, 9.17) is 0 Å². The van der Waals surface area contributed by atoms with E-state index in [0.717, 1.165) is 29.0 Å². The van der Waals surface area contributed by atoms with E-state index in [9.17, 15) is 22.8 Å². The average Bonchev–Trinajstić information content (AvgIpc) is 3.08. The van der Waals surface area contributed by atoms with Crippen LogP contribution in [0.1, 0.15) is 37.7 Å². The number of nitrogens with one attached hydrogen (secondary N) is 1. The van der Waals surface area contributed by atoms with Crippen LogP contribution in [0.25, 0.3) is 0 Å². The molecule has 28 heavy (non-hydrogen) atoms. The lowest BCUT2D eigenvalue weighted by molar-refractivity contribution is -0.137. The van der Waals surface area contributed by atoms with Gasteiger partial charge in [-0.25, -0.2) is 0 Å². The molecule has 1 N–H and O–H groups in total. The summed E-state index contributed by atoms with van der Waals surface area (Å²) >= 11 is 1.48. The van der Waals surface area contributed by atoms with Gasteiger partial charge in [-0.2, -0.15) is 13.2 Å². The Morgan fingerprint density at radius 1 is 1.21 bits per heavy atom. The average molecular weight is 410 g/mol. The molecule has 150 valence electrons. The Kier molecular flexibility index (Phi) is 5.79. The van der Waals surface area contributed by atoms with Gasteiger partial charge in [-0.05, 0) is 48.6 Å². The van der Waals surface area contributed by atoms with Crippen molar-refractivity contribution in [3.63, 3.8) is 0 Å². The van der Waals surface area contributed by atoms with Crippen LogP contribution >= 0.6 is 11.3 Å². The first-order chi connectivity index (χ1) is 13.1. The molecule has 0 bridgehead atoms. The van der Waals surface area contributed by atoms with Gasteiger partial charge in [-0.3, -0.25) is 9.59 Å². The number of benzene rings is 1. The normalized spacial score (nSPS) is 16.4. The number of thiophene rings is 1. The third-order valence-electron chi connectivity index (χ3n) is 4.82. The van der Waals surface area contributed by atoms with E-state index < -0.39 is 11.7 Å². The lowest BCUT2D eigenvalue weighted by Crippen LogP contribution is -2.33. The lowest BCUT2D eigenvalue weighted by Gasteiger charge is -2.21. The second-order valence-corrected chi connectivity index (χ2v) is 8.25. The van der Waals surface area contributed by atoms with Gasteiger partial charge in [-0.15, -0.1) is 11.3 Å². The number of aryl methyl sites for hydroxylation is 1. The van der Waals surface area contributed by atoms with E-state index >= 15 is 0 Å². The Morgan fingerprint density at radius 2 is 1.89 bits per heavy atom. The Hall–Kier alpha value is -2.35. The van der Waals surface area contributed by atoms with Crippen LogP contribution in [-0.4, -0.2) is 30.8 Å². The quantitative estimate of drug-likeness (QED) is 0.832. The van der Waals surface area contributed by atoms with Crippen molar-refractivity contribution in [1.29, 1.82) is 0 Å². The molecule has 4 nitrogen and oxygen atoms in total. The minimum atomic E-state index is -4.37. The fraction of sp³-hybridized carbons (Fsp3) is 0.400. The molecule has 0 saturated heterocycles. The number of amides is 2. The number of hydrogen-bond acceptors (Lipinski definition) is 3. The minimum Gasteiger partial charge on any atom is -0.352 e. The summed E-state index contributed by atoms with van der Waals surface area (Å²) in [6, 6.07) is 6.66. The Bertz CT molecular complexity index is 873. The van der Waals surface area contributed by atoms with Gasteiger partial charge in [-0.1, -0.05) is 12.1 Å². The molecule has 0 unspecified atom stereocenters. The van der Waals surface area contributed by atoms with Gasteiger partial charge in [0.1, 0.15) is 0 Å². The van der Waals surface area contributed by atoms with E-state index in [1.165, 1.54) is 28.4 Å². The highest BCUT2D eigenvalue weighted by atomic mass is 32.1. The van der Waals surface area contributed by atoms with E-state index in [-0.39, 0.29) is 24.3 Å². The number of alkyl halides is 3. The van der Waals surface area contributed by atoms with Gasteiger partial charge in [0.25, 0.3) is 5.91 Å². The summed E-state index contributed by atoms with van der Waals surface area (Å²) in [6.45, 7) is 0.189. The summed E-state index contributed by atoms with van der Waals surface area (Å²) in [7, 11) is 3.41. The minimum absolute atomic E-state index is 0.0392. The highest BCUT2D eigenvalue weighted by Gasteiger charge is 2.30. The zero-order valence-corrected chi connectivity index (χ0v) is 16.4. The zero-order valence-electron chi connectivity index (χ0n) is 15.6. The fourth-order valence-electron chi connectivity index (χ4n) is 3.22. The van der Waals surface area contributed by atoms with Gasteiger partial charge in [0.15, 0.2) is 0 Å². The van der Waals surface area contributed by atoms with Crippen molar-refractivity contribution in [2.75, 3.05) is 14.1 Å². The monoisotopic (exact) mass is 410 g/mol. The van der Waals surface area contributed by atoms with E-state index in [2.05, 4.69) is 5.32 Å². The van der Waals surface area contributed by atoms with Gasteiger partial charge >= 0.3 is 6.18 Å². The molecule has 2 aromatic rings. The number of hydrogen-bond donors (Lipinski definition) is 1. The maximum Gasteiger partial charge on any atom is 0.416 e. The van der Waals surface area contributed by atoms with Crippen LogP contribution in [-0.2, 0) is 30.4 Å². The van der Waals surface area contributed by atoms with Gasteiger partial charge < -0.3 is 10.2 Å². The number of nitrogens with zero attached hydrogens (tertiary/aromatic N) is 1. The Labute approximate surface area is 165 Å². The Morgan fingerprint density at radius 3 is 2.50 bits per heavy atom. The fourth-order valence-corrected chi connectivity index (χ4v) is 4.45. The molecule has 1 heterocycles. The summed E-state index contributed by atoms with van der Waals surface area (Å²) in [5, 5.41) is 2.81. The summed E-state index contributed by atoms with van der Waals surface area (Å²) in [5.41, 5.74) is 0.950. The van der Waals surface area contributed by atoms with Crippen molar-refractivity contribution in [1.82, 2.24) is 10.2 Å². The van der Waals surface area contributed by atoms with Crippen molar-refractivity contribution in [3.05, 3.63) is 56.8 Å². The van der Waals surface area contributed by atoms with E-state index in [1.54, 1.807) is 14.1 Å². The number of rotatable bonds is 4. The highest BCUT2D eigenvalue weighted by molar-refractivity contribution is 7.14. The van der Waals surface area contributed by atoms with Crippen molar-refractivity contribution in [3.8, 4) is 0 Å². The molecular formula is C20H21F3N2O2S. The maximum absolute atomic E-state index is 12.6. The first-order valence-corrected chi connectivity index (χ1v) is 9.74. The second-order valence-electron chi connectivity index (χ2n) is 7.11. The SMILES string of the molecule is CN(C)C(=O)c1cc2c(s1)CC[C@H](C(=O)NCc1ccc(C(F)(F)F)cc1)C2. The topological polar surface area (TPSA) is 49.4 Å². The molecule has 8 heteroatoms. The lowest BCUT2D eigenvalue weighted by atomic mass is 9.87. The third kappa shape index (κ3) is 4.55. The van der Waals surface area contributed by atoms with Crippen LogP contribution in [0.5, 0.6) is 0 Å². The molecule has 3 rings (SSSR count). The van der Waals surface area contributed by atoms with Crippen LogP contribution < -0.4 is 5.32 Å². The summed E-state index contributed by atoms with van der Waals surface area (Å²) in [5.74, 6) is -0.348. The standard InChI is InChI=1S/C20H21F3N2O2S/c1-25(2)19(27)17-10-14-9-13(5-8-16(14)28-17)18(26)24-11-12-3-6-15(7-4-12)20(21,22)23/h3-4,6-7,10,13H,5,8-9,11H2,1-2H3,(H,24,26)/t13-/m0/s1. The van der Waals surface area contributed by atoms with Gasteiger partial charge in [0.2, 0.25) is 5.91 Å².